The largest absolute Gasteiger partial charge is 0.382 e. The molecule has 3 heterocycles. The molecule has 0 bridgehead atoms. The van der Waals surface area contributed by atoms with Crippen molar-refractivity contribution in [1.82, 2.24) is 25.1 Å². The van der Waals surface area contributed by atoms with Gasteiger partial charge in [-0.2, -0.15) is 5.10 Å². The van der Waals surface area contributed by atoms with Gasteiger partial charge in [0, 0.05) is 26.3 Å². The van der Waals surface area contributed by atoms with Gasteiger partial charge in [-0.05, 0) is 0 Å². The van der Waals surface area contributed by atoms with E-state index in [1.54, 1.807) is 24.4 Å². The molecule has 1 aliphatic rings. The van der Waals surface area contributed by atoms with E-state index in [2.05, 4.69) is 20.2 Å². The van der Waals surface area contributed by atoms with Crippen LogP contribution in [-0.4, -0.2) is 64.4 Å². The highest BCUT2D eigenvalue weighted by molar-refractivity contribution is 5.77. The van der Waals surface area contributed by atoms with E-state index in [0.717, 1.165) is 29.2 Å². The number of rotatable bonds is 6. The van der Waals surface area contributed by atoms with E-state index in [1.807, 2.05) is 0 Å². The molecule has 3 rings (SSSR count). The molecule has 1 aliphatic heterocycles. The molecule has 0 saturated carbocycles. The maximum atomic E-state index is 12.1. The van der Waals surface area contributed by atoms with Gasteiger partial charge < -0.3 is 19.4 Å². The summed E-state index contributed by atoms with van der Waals surface area (Å²) >= 11 is 0. The van der Waals surface area contributed by atoms with E-state index in [1.165, 1.54) is 0 Å². The molecule has 2 N–H and O–H groups in total. The minimum Gasteiger partial charge on any atom is -0.382 e. The zero-order valence-corrected chi connectivity index (χ0v) is 12.5. The molecule has 8 nitrogen and oxygen atoms in total. The minimum atomic E-state index is -0.0128. The highest BCUT2D eigenvalue weighted by Gasteiger charge is 2.24. The Morgan fingerprint density at radius 1 is 1.45 bits per heavy atom. The maximum absolute atomic E-state index is 12.1. The molecule has 118 valence electrons. The summed E-state index contributed by atoms with van der Waals surface area (Å²) in [6.45, 7) is 2.20. The topological polar surface area (TPSA) is 96.1 Å². The van der Waals surface area contributed by atoms with E-state index < -0.39 is 0 Å². The number of imidazole rings is 1. The fourth-order valence-corrected chi connectivity index (χ4v) is 2.42. The number of hydrogen-bond acceptors (Lipinski definition) is 5. The Labute approximate surface area is 127 Å². The van der Waals surface area contributed by atoms with Gasteiger partial charge in [-0.15, -0.1) is 0 Å². The van der Waals surface area contributed by atoms with Gasteiger partial charge in [-0.25, -0.2) is 4.98 Å². The summed E-state index contributed by atoms with van der Waals surface area (Å²) < 4.78 is 10.2. The lowest BCUT2D eigenvalue weighted by molar-refractivity contribution is -0.137. The van der Waals surface area contributed by atoms with Crippen molar-refractivity contribution in [2.45, 2.75) is 13.0 Å². The summed E-state index contributed by atoms with van der Waals surface area (Å²) in [5.41, 5.74) is 2.91. The van der Waals surface area contributed by atoms with Crippen molar-refractivity contribution in [2.24, 2.45) is 0 Å². The lowest BCUT2D eigenvalue weighted by Crippen LogP contribution is -2.38. The van der Waals surface area contributed by atoms with E-state index >= 15 is 0 Å². The van der Waals surface area contributed by atoms with Crippen LogP contribution in [0.3, 0.4) is 0 Å². The lowest BCUT2D eigenvalue weighted by Gasteiger charge is -2.26. The number of carbonyl (C=O) groups is 1. The van der Waals surface area contributed by atoms with Crippen LogP contribution in [0.15, 0.2) is 12.4 Å². The third-order valence-corrected chi connectivity index (χ3v) is 3.61. The van der Waals surface area contributed by atoms with Crippen LogP contribution < -0.4 is 0 Å². The smallest absolute Gasteiger partial charge is 0.248 e. The molecule has 0 spiro atoms. The molecule has 2 aromatic rings. The zero-order chi connectivity index (χ0) is 15.4. The van der Waals surface area contributed by atoms with Crippen LogP contribution in [0.1, 0.15) is 11.4 Å². The van der Waals surface area contributed by atoms with Crippen LogP contribution in [0.2, 0.25) is 0 Å². The Morgan fingerprint density at radius 2 is 2.36 bits per heavy atom. The predicted molar refractivity (Wildman–Crippen MR) is 78.0 cm³/mol. The van der Waals surface area contributed by atoms with E-state index in [4.69, 9.17) is 9.47 Å². The number of aromatic nitrogens is 4. The average molecular weight is 305 g/mol. The molecule has 0 aliphatic carbocycles. The Kier molecular flexibility index (Phi) is 4.50. The van der Waals surface area contributed by atoms with Gasteiger partial charge in [0.15, 0.2) is 0 Å². The van der Waals surface area contributed by atoms with Gasteiger partial charge in [0.25, 0.3) is 0 Å². The van der Waals surface area contributed by atoms with E-state index in [9.17, 15) is 4.79 Å². The Bertz CT molecular complexity index is 622. The van der Waals surface area contributed by atoms with Crippen LogP contribution in [0.25, 0.3) is 11.4 Å². The number of methoxy groups -OCH3 is 1. The molecule has 0 unspecified atom stereocenters. The summed E-state index contributed by atoms with van der Waals surface area (Å²) in [4.78, 5) is 21.7. The van der Waals surface area contributed by atoms with E-state index in [-0.39, 0.29) is 12.5 Å². The summed E-state index contributed by atoms with van der Waals surface area (Å²) in [7, 11) is 1.60. The SMILES string of the molecule is COCCOCC(=O)N1CCc2nc(-c3cn[nH]c3)[nH]c2C1. The molecule has 0 atom stereocenters. The first-order valence-corrected chi connectivity index (χ1v) is 7.19. The van der Waals surface area contributed by atoms with Gasteiger partial charge in [-0.1, -0.05) is 0 Å². The third kappa shape index (κ3) is 3.18. The van der Waals surface area contributed by atoms with Crippen LogP contribution in [0, 0.1) is 0 Å². The molecule has 1 amide bonds. The highest BCUT2D eigenvalue weighted by Crippen LogP contribution is 2.22. The number of nitrogens with one attached hydrogen (secondary N) is 2. The summed E-state index contributed by atoms with van der Waals surface area (Å²) in [6, 6.07) is 0. The van der Waals surface area contributed by atoms with Gasteiger partial charge in [-0.3, -0.25) is 9.89 Å². The number of H-pyrrole nitrogens is 2. The summed E-state index contributed by atoms with van der Waals surface area (Å²) in [5.74, 6) is 0.769. The molecule has 2 aromatic heterocycles. The Hall–Kier alpha value is -2.19. The van der Waals surface area contributed by atoms with Crippen LogP contribution >= 0.6 is 0 Å². The number of aromatic amines is 2. The van der Waals surface area contributed by atoms with Crippen molar-refractivity contribution >= 4 is 5.91 Å². The highest BCUT2D eigenvalue weighted by atomic mass is 16.5. The molecule has 0 saturated heterocycles. The first-order valence-electron chi connectivity index (χ1n) is 7.19. The number of nitrogens with zero attached hydrogens (tertiary/aromatic N) is 3. The van der Waals surface area contributed by atoms with Crippen molar-refractivity contribution < 1.29 is 14.3 Å². The Balaban J connectivity index is 1.60. The van der Waals surface area contributed by atoms with Crippen LogP contribution in [0.4, 0.5) is 0 Å². The standard InChI is InChI=1S/C14H19N5O3/c1-21-4-5-22-9-13(20)19-3-2-11-12(8-19)18-14(17-11)10-6-15-16-7-10/h6-7H,2-5,8-9H2,1H3,(H,15,16)(H,17,18). The molecule has 0 radical (unpaired) electrons. The molecule has 0 fully saturated rings. The Morgan fingerprint density at radius 3 is 3.14 bits per heavy atom. The van der Waals surface area contributed by atoms with Crippen molar-refractivity contribution in [3.8, 4) is 11.4 Å². The molecule has 22 heavy (non-hydrogen) atoms. The number of amides is 1. The monoisotopic (exact) mass is 305 g/mol. The summed E-state index contributed by atoms with van der Waals surface area (Å²) in [6.07, 6.45) is 4.25. The first-order chi connectivity index (χ1) is 10.8. The number of ether oxygens (including phenoxy) is 2. The van der Waals surface area contributed by atoms with Crippen molar-refractivity contribution in [1.29, 1.82) is 0 Å². The number of fused-ring (bicyclic) bond motifs is 1. The summed E-state index contributed by atoms with van der Waals surface area (Å²) in [5, 5.41) is 6.69. The molecular weight excluding hydrogens is 286 g/mol. The fourth-order valence-electron chi connectivity index (χ4n) is 2.42. The van der Waals surface area contributed by atoms with Gasteiger partial charge >= 0.3 is 0 Å². The van der Waals surface area contributed by atoms with Gasteiger partial charge in [0.05, 0.1) is 42.9 Å². The zero-order valence-electron chi connectivity index (χ0n) is 12.5. The minimum absolute atomic E-state index is 0.0128. The molecule has 0 aromatic carbocycles. The second-order valence-corrected chi connectivity index (χ2v) is 5.11. The lowest BCUT2D eigenvalue weighted by atomic mass is 10.1. The number of carbonyl (C=O) groups excluding carboxylic acids is 1. The quantitative estimate of drug-likeness (QED) is 0.751. The molecular formula is C14H19N5O3. The van der Waals surface area contributed by atoms with Crippen LogP contribution in [0.5, 0.6) is 0 Å². The van der Waals surface area contributed by atoms with Gasteiger partial charge in [0.1, 0.15) is 12.4 Å². The van der Waals surface area contributed by atoms with Crippen molar-refractivity contribution in [3.63, 3.8) is 0 Å². The van der Waals surface area contributed by atoms with Gasteiger partial charge in [0.2, 0.25) is 5.91 Å². The van der Waals surface area contributed by atoms with Crippen molar-refractivity contribution in [3.05, 3.63) is 23.8 Å². The second kappa shape index (κ2) is 6.71. The van der Waals surface area contributed by atoms with Crippen molar-refractivity contribution in [2.75, 3.05) is 33.5 Å². The average Bonchev–Trinajstić information content (AvgIpc) is 3.18. The molecule has 8 heteroatoms. The normalized spacial score (nSPS) is 14.1. The van der Waals surface area contributed by atoms with E-state index in [0.29, 0.717) is 26.3 Å². The van der Waals surface area contributed by atoms with Crippen LogP contribution in [-0.2, 0) is 27.2 Å². The number of hydrogen-bond donors (Lipinski definition) is 2. The maximum Gasteiger partial charge on any atom is 0.248 e. The predicted octanol–water partition coefficient (Wildman–Crippen LogP) is 0.348. The second-order valence-electron chi connectivity index (χ2n) is 5.11. The fraction of sp³-hybridized carbons (Fsp3) is 0.500. The third-order valence-electron chi connectivity index (χ3n) is 3.61. The first kappa shape index (κ1) is 14.7.